The van der Waals surface area contributed by atoms with Crippen LogP contribution in [0.1, 0.15) is 5.01 Å². The second-order valence-electron chi connectivity index (χ2n) is 6.52. The molecule has 0 saturated carbocycles. The molecule has 0 bridgehead atoms. The van der Waals surface area contributed by atoms with Gasteiger partial charge in [-0.15, -0.1) is 11.3 Å². The lowest BCUT2D eigenvalue weighted by Gasteiger charge is -2.11. The fourth-order valence-electron chi connectivity index (χ4n) is 3.01. The normalized spacial score (nSPS) is 10.5. The van der Waals surface area contributed by atoms with Gasteiger partial charge in [-0.05, 0) is 36.2 Å². The molecule has 0 saturated heterocycles. The van der Waals surface area contributed by atoms with E-state index in [2.05, 4.69) is 22.4 Å². The van der Waals surface area contributed by atoms with Gasteiger partial charge >= 0.3 is 0 Å². The van der Waals surface area contributed by atoms with Gasteiger partial charge in [-0.2, -0.15) is 0 Å². The second kappa shape index (κ2) is 8.71. The Morgan fingerprint density at radius 1 is 0.931 bits per heavy atom. The molecular formula is C24H20N2O2S. The Hall–Kier alpha value is -3.44. The molecule has 0 aliphatic rings. The van der Waals surface area contributed by atoms with Crippen LogP contribution in [-0.4, -0.2) is 17.5 Å². The van der Waals surface area contributed by atoms with Crippen LogP contribution >= 0.6 is 11.3 Å². The highest BCUT2D eigenvalue weighted by molar-refractivity contribution is 7.09. The Morgan fingerprint density at radius 2 is 1.62 bits per heavy atom. The number of rotatable bonds is 6. The number of hydrogen-bond donors (Lipinski definition) is 1. The smallest absolute Gasteiger partial charge is 0.262 e. The summed E-state index contributed by atoms with van der Waals surface area (Å²) in [5, 5.41) is 5.91. The highest BCUT2D eigenvalue weighted by Gasteiger charge is 2.11. The first-order chi connectivity index (χ1) is 14.2. The molecule has 4 aromatic rings. The number of nitrogens with one attached hydrogen (secondary N) is 1. The molecule has 4 rings (SSSR count). The zero-order valence-electron chi connectivity index (χ0n) is 16.0. The standard InChI is InChI=1S/C24H20N2O2S/c1-17-25-23(16-29-17)21-9-5-6-10-22(21)26-24(27)15-28-20-13-11-19(12-14-20)18-7-3-2-4-8-18/h2-14,16H,15H2,1H3,(H,26,27). The molecule has 0 unspecified atom stereocenters. The van der Waals surface area contributed by atoms with Crippen molar-refractivity contribution in [3.8, 4) is 28.1 Å². The van der Waals surface area contributed by atoms with Crippen molar-refractivity contribution >= 4 is 22.9 Å². The van der Waals surface area contributed by atoms with E-state index >= 15 is 0 Å². The quantitative estimate of drug-likeness (QED) is 0.445. The van der Waals surface area contributed by atoms with Crippen molar-refractivity contribution in [3.63, 3.8) is 0 Å². The van der Waals surface area contributed by atoms with E-state index < -0.39 is 0 Å². The van der Waals surface area contributed by atoms with E-state index in [-0.39, 0.29) is 12.5 Å². The summed E-state index contributed by atoms with van der Waals surface area (Å²) in [5.41, 5.74) is 4.74. The Morgan fingerprint density at radius 3 is 2.34 bits per heavy atom. The summed E-state index contributed by atoms with van der Waals surface area (Å²) in [6.07, 6.45) is 0. The third-order valence-corrected chi connectivity index (χ3v) is 5.20. The van der Waals surface area contributed by atoms with Crippen LogP contribution in [0.25, 0.3) is 22.4 Å². The maximum Gasteiger partial charge on any atom is 0.262 e. The van der Waals surface area contributed by atoms with Gasteiger partial charge in [-0.25, -0.2) is 4.98 Å². The average Bonchev–Trinajstić information content (AvgIpc) is 3.20. The van der Waals surface area contributed by atoms with E-state index in [0.717, 1.165) is 33.1 Å². The molecule has 0 atom stereocenters. The molecule has 144 valence electrons. The lowest BCUT2D eigenvalue weighted by Crippen LogP contribution is -2.20. The van der Waals surface area contributed by atoms with Crippen LogP contribution in [-0.2, 0) is 4.79 Å². The minimum Gasteiger partial charge on any atom is -0.484 e. The summed E-state index contributed by atoms with van der Waals surface area (Å²) < 4.78 is 5.65. The lowest BCUT2D eigenvalue weighted by molar-refractivity contribution is -0.118. The molecule has 4 nitrogen and oxygen atoms in total. The largest absolute Gasteiger partial charge is 0.484 e. The van der Waals surface area contributed by atoms with E-state index in [1.54, 1.807) is 11.3 Å². The van der Waals surface area contributed by atoms with Crippen molar-refractivity contribution in [1.29, 1.82) is 0 Å². The van der Waals surface area contributed by atoms with Crippen molar-refractivity contribution < 1.29 is 9.53 Å². The molecule has 3 aromatic carbocycles. The molecule has 1 heterocycles. The predicted molar refractivity (Wildman–Crippen MR) is 118 cm³/mol. The summed E-state index contributed by atoms with van der Waals surface area (Å²) in [5.74, 6) is 0.444. The number of amides is 1. The van der Waals surface area contributed by atoms with E-state index in [1.807, 2.05) is 79.0 Å². The number of para-hydroxylation sites is 1. The zero-order valence-corrected chi connectivity index (χ0v) is 16.8. The van der Waals surface area contributed by atoms with Crippen LogP contribution in [0.2, 0.25) is 0 Å². The van der Waals surface area contributed by atoms with E-state index in [1.165, 1.54) is 0 Å². The Labute approximate surface area is 173 Å². The van der Waals surface area contributed by atoms with Gasteiger partial charge in [0.1, 0.15) is 5.75 Å². The minimum absolute atomic E-state index is 0.0604. The number of carbonyl (C=O) groups is 1. The monoisotopic (exact) mass is 400 g/mol. The van der Waals surface area contributed by atoms with E-state index in [9.17, 15) is 4.79 Å². The highest BCUT2D eigenvalue weighted by atomic mass is 32.1. The number of benzene rings is 3. The van der Waals surface area contributed by atoms with Crippen molar-refractivity contribution in [3.05, 3.63) is 89.3 Å². The second-order valence-corrected chi connectivity index (χ2v) is 7.59. The topological polar surface area (TPSA) is 51.2 Å². The van der Waals surface area contributed by atoms with Gasteiger partial charge in [-0.3, -0.25) is 4.79 Å². The molecule has 29 heavy (non-hydrogen) atoms. The molecule has 0 radical (unpaired) electrons. The molecule has 1 N–H and O–H groups in total. The van der Waals surface area contributed by atoms with Crippen molar-refractivity contribution in [2.45, 2.75) is 6.92 Å². The predicted octanol–water partition coefficient (Wildman–Crippen LogP) is 5.80. The first kappa shape index (κ1) is 18.9. The number of nitrogens with zero attached hydrogens (tertiary/aromatic N) is 1. The van der Waals surface area contributed by atoms with Gasteiger partial charge in [0.15, 0.2) is 6.61 Å². The third-order valence-electron chi connectivity index (χ3n) is 4.43. The molecule has 0 spiro atoms. The van der Waals surface area contributed by atoms with Gasteiger partial charge in [0, 0.05) is 10.9 Å². The van der Waals surface area contributed by atoms with E-state index in [0.29, 0.717) is 5.75 Å². The highest BCUT2D eigenvalue weighted by Crippen LogP contribution is 2.29. The number of anilines is 1. The number of aromatic nitrogens is 1. The molecule has 0 aliphatic carbocycles. The van der Waals surface area contributed by atoms with Crippen LogP contribution in [0.4, 0.5) is 5.69 Å². The fraction of sp³-hybridized carbons (Fsp3) is 0.0833. The van der Waals surface area contributed by atoms with Gasteiger partial charge in [-0.1, -0.05) is 60.7 Å². The summed E-state index contributed by atoms with van der Waals surface area (Å²) in [7, 11) is 0. The first-order valence-electron chi connectivity index (χ1n) is 9.29. The summed E-state index contributed by atoms with van der Waals surface area (Å²) in [6, 6.07) is 25.5. The van der Waals surface area contributed by atoms with Gasteiger partial charge in [0.05, 0.1) is 16.4 Å². The van der Waals surface area contributed by atoms with Crippen LogP contribution in [0.3, 0.4) is 0 Å². The Balaban J connectivity index is 1.39. The minimum atomic E-state index is -0.212. The maximum absolute atomic E-state index is 12.4. The zero-order chi connectivity index (χ0) is 20.1. The number of ether oxygens (including phenoxy) is 1. The number of hydrogen-bond acceptors (Lipinski definition) is 4. The maximum atomic E-state index is 12.4. The van der Waals surface area contributed by atoms with Crippen molar-refractivity contribution in [2.75, 3.05) is 11.9 Å². The number of aryl methyl sites for hydroxylation is 1. The molecule has 0 fully saturated rings. The fourth-order valence-corrected chi connectivity index (χ4v) is 3.62. The van der Waals surface area contributed by atoms with E-state index in [4.69, 9.17) is 4.74 Å². The summed E-state index contributed by atoms with van der Waals surface area (Å²) >= 11 is 1.59. The average molecular weight is 401 g/mol. The van der Waals surface area contributed by atoms with Crippen molar-refractivity contribution in [1.82, 2.24) is 4.98 Å². The first-order valence-corrected chi connectivity index (χ1v) is 10.2. The Kier molecular flexibility index (Phi) is 5.68. The molecular weight excluding hydrogens is 380 g/mol. The van der Waals surface area contributed by atoms with Gasteiger partial charge in [0.2, 0.25) is 0 Å². The molecule has 1 aromatic heterocycles. The SMILES string of the molecule is Cc1nc(-c2ccccc2NC(=O)COc2ccc(-c3ccccc3)cc2)cs1. The summed E-state index contributed by atoms with van der Waals surface area (Å²) in [4.78, 5) is 16.9. The van der Waals surface area contributed by atoms with Crippen LogP contribution < -0.4 is 10.1 Å². The molecule has 0 aliphatic heterocycles. The number of thiazole rings is 1. The van der Waals surface area contributed by atoms with Gasteiger partial charge < -0.3 is 10.1 Å². The third kappa shape index (κ3) is 4.70. The van der Waals surface area contributed by atoms with Crippen LogP contribution in [0.15, 0.2) is 84.2 Å². The van der Waals surface area contributed by atoms with Crippen LogP contribution in [0, 0.1) is 6.92 Å². The summed E-state index contributed by atoms with van der Waals surface area (Å²) in [6.45, 7) is 1.90. The molecule has 5 heteroatoms. The van der Waals surface area contributed by atoms with Crippen LogP contribution in [0.5, 0.6) is 5.75 Å². The van der Waals surface area contributed by atoms with Gasteiger partial charge in [0.25, 0.3) is 5.91 Å². The lowest BCUT2D eigenvalue weighted by atomic mass is 10.1. The van der Waals surface area contributed by atoms with Crippen molar-refractivity contribution in [2.24, 2.45) is 0 Å². The number of carbonyl (C=O) groups excluding carboxylic acids is 1. The Bertz CT molecular complexity index is 1110. The molecule has 1 amide bonds.